The summed E-state index contributed by atoms with van der Waals surface area (Å²) in [6.07, 6.45) is 2.53. The normalized spacial score (nSPS) is 14.5. The average molecular weight is 475 g/mol. The van der Waals surface area contributed by atoms with Crippen LogP contribution in [0.1, 0.15) is 18.4 Å². The quantitative estimate of drug-likeness (QED) is 0.560. The van der Waals surface area contributed by atoms with E-state index < -0.39 is 22.5 Å². The zero-order chi connectivity index (χ0) is 23.8. The Labute approximate surface area is 195 Å². The van der Waals surface area contributed by atoms with Gasteiger partial charge in [0, 0.05) is 44.3 Å². The molecule has 1 saturated heterocycles. The number of hydrogen-bond donors (Lipinski definition) is 1. The highest BCUT2D eigenvalue weighted by Gasteiger charge is 2.24. The number of amides is 1. The number of nitrogens with zero attached hydrogens (tertiary/aromatic N) is 3. The van der Waals surface area contributed by atoms with E-state index in [0.717, 1.165) is 48.7 Å². The summed E-state index contributed by atoms with van der Waals surface area (Å²) in [6.45, 7) is 2.16. The molecule has 1 aliphatic heterocycles. The van der Waals surface area contributed by atoms with Crippen molar-refractivity contribution in [1.82, 2.24) is 10.3 Å². The second-order valence-corrected chi connectivity index (χ2v) is 9.69. The molecule has 1 fully saturated rings. The van der Waals surface area contributed by atoms with Crippen LogP contribution in [0.3, 0.4) is 0 Å². The highest BCUT2D eigenvalue weighted by atomic mass is 32.2. The number of hydrazone groups is 1. The van der Waals surface area contributed by atoms with Gasteiger partial charge < -0.3 is 9.47 Å². The molecule has 178 valence electrons. The average Bonchev–Trinajstić information content (AvgIpc) is 2.81. The molecule has 33 heavy (non-hydrogen) atoms. The van der Waals surface area contributed by atoms with Crippen LogP contribution < -0.4 is 19.2 Å². The first-order valence-electron chi connectivity index (χ1n) is 10.6. The van der Waals surface area contributed by atoms with Gasteiger partial charge in [-0.1, -0.05) is 30.3 Å². The molecule has 2 aromatic rings. The zero-order valence-corrected chi connectivity index (χ0v) is 20.0. The molecule has 10 heteroatoms. The lowest BCUT2D eigenvalue weighted by atomic mass is 10.1. The van der Waals surface area contributed by atoms with E-state index in [1.807, 2.05) is 18.2 Å². The number of methoxy groups -OCH3 is 2. The molecule has 1 N–H and O–H groups in total. The van der Waals surface area contributed by atoms with Crippen LogP contribution in [0.25, 0.3) is 0 Å². The third-order valence-electron chi connectivity index (χ3n) is 5.36. The van der Waals surface area contributed by atoms with E-state index in [9.17, 15) is 13.2 Å². The zero-order valence-electron chi connectivity index (χ0n) is 19.2. The number of nitrogens with one attached hydrogen (secondary N) is 1. The van der Waals surface area contributed by atoms with Crippen LogP contribution in [-0.4, -0.2) is 65.0 Å². The molecule has 2 aromatic carbocycles. The molecule has 1 aliphatic rings. The highest BCUT2D eigenvalue weighted by molar-refractivity contribution is 7.92. The van der Waals surface area contributed by atoms with Crippen molar-refractivity contribution in [3.05, 3.63) is 54.1 Å². The SMILES string of the molecule is COc1ccc(N(CC(=O)NN=C2CCN(Cc3ccccc3)CC2)S(C)(=O)=O)c(OC)c1. The minimum atomic E-state index is -3.75. The molecule has 0 bridgehead atoms. The van der Waals surface area contributed by atoms with Gasteiger partial charge in [0.25, 0.3) is 5.91 Å². The van der Waals surface area contributed by atoms with Gasteiger partial charge in [-0.05, 0) is 17.7 Å². The van der Waals surface area contributed by atoms with Crippen LogP contribution in [0.4, 0.5) is 5.69 Å². The molecule has 9 nitrogen and oxygen atoms in total. The second kappa shape index (κ2) is 11.2. The monoisotopic (exact) mass is 474 g/mol. The first-order valence-corrected chi connectivity index (χ1v) is 12.4. The fourth-order valence-corrected chi connectivity index (χ4v) is 4.46. The number of hydrogen-bond acceptors (Lipinski definition) is 7. The predicted molar refractivity (Wildman–Crippen MR) is 128 cm³/mol. The molecular weight excluding hydrogens is 444 g/mol. The van der Waals surface area contributed by atoms with Crippen molar-refractivity contribution in [2.75, 3.05) is 44.4 Å². The number of rotatable bonds is 9. The summed E-state index contributed by atoms with van der Waals surface area (Å²) >= 11 is 0. The molecule has 0 aromatic heterocycles. The third-order valence-corrected chi connectivity index (χ3v) is 6.49. The molecule has 3 rings (SSSR count). The largest absolute Gasteiger partial charge is 0.497 e. The molecule has 1 amide bonds. The maximum Gasteiger partial charge on any atom is 0.260 e. The van der Waals surface area contributed by atoms with E-state index in [4.69, 9.17) is 9.47 Å². The van der Waals surface area contributed by atoms with E-state index >= 15 is 0 Å². The van der Waals surface area contributed by atoms with Crippen molar-refractivity contribution in [3.63, 3.8) is 0 Å². The number of ether oxygens (including phenoxy) is 2. The molecule has 0 radical (unpaired) electrons. The van der Waals surface area contributed by atoms with E-state index in [1.54, 1.807) is 18.2 Å². The second-order valence-electron chi connectivity index (χ2n) is 7.78. The van der Waals surface area contributed by atoms with E-state index in [0.29, 0.717) is 5.75 Å². The Morgan fingerprint density at radius 2 is 1.79 bits per heavy atom. The fourth-order valence-electron chi connectivity index (χ4n) is 3.60. The number of likely N-dealkylation sites (tertiary alicyclic amines) is 1. The van der Waals surface area contributed by atoms with Gasteiger partial charge in [-0.15, -0.1) is 0 Å². The Morgan fingerprint density at radius 3 is 2.39 bits per heavy atom. The van der Waals surface area contributed by atoms with Crippen LogP contribution in [0, 0.1) is 0 Å². The Balaban J connectivity index is 1.60. The number of carbonyl (C=O) groups is 1. The number of benzene rings is 2. The van der Waals surface area contributed by atoms with E-state index in [-0.39, 0.29) is 11.4 Å². The molecule has 1 heterocycles. The van der Waals surface area contributed by atoms with Crippen molar-refractivity contribution >= 4 is 27.3 Å². The van der Waals surface area contributed by atoms with Crippen LogP contribution in [0.15, 0.2) is 53.6 Å². The van der Waals surface area contributed by atoms with Gasteiger partial charge in [0.1, 0.15) is 18.0 Å². The topological polar surface area (TPSA) is 101 Å². The fraction of sp³-hybridized carbons (Fsp3) is 0.391. The molecule has 0 atom stereocenters. The lowest BCUT2D eigenvalue weighted by Crippen LogP contribution is -2.40. The number of carbonyl (C=O) groups excluding carboxylic acids is 1. The van der Waals surface area contributed by atoms with Gasteiger partial charge in [0.15, 0.2) is 0 Å². The van der Waals surface area contributed by atoms with Gasteiger partial charge in [0.2, 0.25) is 10.0 Å². The van der Waals surface area contributed by atoms with Gasteiger partial charge >= 0.3 is 0 Å². The standard InChI is InChI=1S/C23H30N4O5S/c1-31-20-9-10-21(22(15-20)32-2)27(33(3,29)30)17-23(28)25-24-19-11-13-26(14-12-19)16-18-7-5-4-6-8-18/h4-10,15H,11-14,16-17H2,1-3H3,(H,25,28). The summed E-state index contributed by atoms with van der Waals surface area (Å²) in [4.78, 5) is 14.9. The molecule has 0 spiro atoms. The maximum atomic E-state index is 12.5. The van der Waals surface area contributed by atoms with Crippen LogP contribution in [0.5, 0.6) is 11.5 Å². The van der Waals surface area contributed by atoms with Crippen LogP contribution in [0.2, 0.25) is 0 Å². The van der Waals surface area contributed by atoms with Crippen molar-refractivity contribution in [2.45, 2.75) is 19.4 Å². The van der Waals surface area contributed by atoms with Gasteiger partial charge in [0.05, 0.1) is 26.2 Å². The van der Waals surface area contributed by atoms with E-state index in [2.05, 4.69) is 27.6 Å². The van der Waals surface area contributed by atoms with Crippen LogP contribution in [-0.2, 0) is 21.4 Å². The Bertz CT molecular complexity index is 1080. The smallest absolute Gasteiger partial charge is 0.260 e. The highest BCUT2D eigenvalue weighted by Crippen LogP contribution is 2.33. The van der Waals surface area contributed by atoms with Gasteiger partial charge in [-0.25, -0.2) is 13.8 Å². The first kappa shape index (κ1) is 24.5. The Hall–Kier alpha value is -3.11. The summed E-state index contributed by atoms with van der Waals surface area (Å²) in [5.74, 6) is 0.265. The van der Waals surface area contributed by atoms with Gasteiger partial charge in [-0.2, -0.15) is 5.10 Å². The molecule has 0 aliphatic carbocycles. The summed E-state index contributed by atoms with van der Waals surface area (Å²) in [7, 11) is -0.822. The van der Waals surface area contributed by atoms with Crippen molar-refractivity contribution < 1.29 is 22.7 Å². The number of anilines is 1. The number of piperidine rings is 1. The van der Waals surface area contributed by atoms with Crippen LogP contribution >= 0.6 is 0 Å². The summed E-state index contributed by atoms with van der Waals surface area (Å²) in [5.41, 5.74) is 4.91. The summed E-state index contributed by atoms with van der Waals surface area (Å²) in [6, 6.07) is 15.0. The minimum absolute atomic E-state index is 0.248. The maximum absolute atomic E-state index is 12.5. The van der Waals surface area contributed by atoms with Crippen molar-refractivity contribution in [2.24, 2.45) is 5.10 Å². The molecular formula is C23H30N4O5S. The summed E-state index contributed by atoms with van der Waals surface area (Å²) in [5, 5.41) is 4.24. The first-order chi connectivity index (χ1) is 15.8. The lowest BCUT2D eigenvalue weighted by Gasteiger charge is -2.27. The Kier molecular flexibility index (Phi) is 8.29. The van der Waals surface area contributed by atoms with Crippen molar-refractivity contribution in [1.29, 1.82) is 0 Å². The summed E-state index contributed by atoms with van der Waals surface area (Å²) < 4.78 is 36.2. The van der Waals surface area contributed by atoms with Crippen molar-refractivity contribution in [3.8, 4) is 11.5 Å². The molecule has 0 saturated carbocycles. The van der Waals surface area contributed by atoms with E-state index in [1.165, 1.54) is 19.8 Å². The lowest BCUT2D eigenvalue weighted by molar-refractivity contribution is -0.119. The number of sulfonamides is 1. The third kappa shape index (κ3) is 6.93. The molecule has 0 unspecified atom stereocenters. The predicted octanol–water partition coefficient (Wildman–Crippen LogP) is 2.24. The Morgan fingerprint density at radius 1 is 1.09 bits per heavy atom. The van der Waals surface area contributed by atoms with Gasteiger partial charge in [-0.3, -0.25) is 14.0 Å². The minimum Gasteiger partial charge on any atom is -0.497 e.